The van der Waals surface area contributed by atoms with Crippen molar-refractivity contribution >= 4 is 28.6 Å². The standard InChI is InChI=1S/C15H12ClN3O3/c1-22-10-4-2-9(3-5-10)8-19-14-11(7-18-19)13(16)12(6-17-14)15(20)21/h2-7H,8H2,1H3,(H,20,21). The van der Waals surface area contributed by atoms with E-state index in [1.165, 1.54) is 12.4 Å². The van der Waals surface area contributed by atoms with Gasteiger partial charge < -0.3 is 9.84 Å². The number of methoxy groups -OCH3 is 1. The molecule has 0 bridgehead atoms. The van der Waals surface area contributed by atoms with Gasteiger partial charge in [0.25, 0.3) is 0 Å². The van der Waals surface area contributed by atoms with Crippen molar-refractivity contribution in [3.8, 4) is 5.75 Å². The summed E-state index contributed by atoms with van der Waals surface area (Å²) < 4.78 is 6.79. The molecule has 2 aromatic heterocycles. The summed E-state index contributed by atoms with van der Waals surface area (Å²) in [6.07, 6.45) is 2.78. The average Bonchev–Trinajstić information content (AvgIpc) is 2.92. The van der Waals surface area contributed by atoms with Crippen LogP contribution in [0.15, 0.2) is 36.7 Å². The van der Waals surface area contributed by atoms with Crippen molar-refractivity contribution in [2.75, 3.05) is 7.11 Å². The second-order valence-electron chi connectivity index (χ2n) is 4.68. The number of aromatic nitrogens is 3. The Morgan fingerprint density at radius 1 is 1.32 bits per heavy atom. The number of hydrogen-bond acceptors (Lipinski definition) is 4. The molecule has 7 heteroatoms. The number of aromatic carboxylic acids is 1. The van der Waals surface area contributed by atoms with Crippen LogP contribution in [-0.2, 0) is 6.54 Å². The Hall–Kier alpha value is -2.60. The van der Waals surface area contributed by atoms with E-state index in [1.54, 1.807) is 11.8 Å². The molecule has 0 radical (unpaired) electrons. The molecular formula is C15H12ClN3O3. The van der Waals surface area contributed by atoms with E-state index < -0.39 is 5.97 Å². The maximum absolute atomic E-state index is 11.1. The lowest BCUT2D eigenvalue weighted by atomic mass is 10.2. The van der Waals surface area contributed by atoms with E-state index in [1.807, 2.05) is 24.3 Å². The van der Waals surface area contributed by atoms with E-state index in [4.69, 9.17) is 21.4 Å². The zero-order valence-corrected chi connectivity index (χ0v) is 12.4. The summed E-state index contributed by atoms with van der Waals surface area (Å²) in [5.41, 5.74) is 1.54. The zero-order chi connectivity index (χ0) is 15.7. The van der Waals surface area contributed by atoms with Crippen molar-refractivity contribution in [1.82, 2.24) is 14.8 Å². The van der Waals surface area contributed by atoms with Gasteiger partial charge in [0, 0.05) is 6.20 Å². The molecule has 1 aromatic carbocycles. The molecule has 6 nitrogen and oxygen atoms in total. The van der Waals surface area contributed by atoms with Crippen molar-refractivity contribution in [1.29, 1.82) is 0 Å². The number of carboxylic acid groups (broad SMARTS) is 1. The van der Waals surface area contributed by atoms with Gasteiger partial charge in [-0.3, -0.25) is 0 Å². The third-order valence-electron chi connectivity index (χ3n) is 3.32. The molecule has 0 aliphatic heterocycles. The first-order chi connectivity index (χ1) is 10.6. The summed E-state index contributed by atoms with van der Waals surface area (Å²) >= 11 is 6.10. The Morgan fingerprint density at radius 3 is 2.68 bits per heavy atom. The van der Waals surface area contributed by atoms with Crippen LogP contribution < -0.4 is 4.74 Å². The minimum atomic E-state index is -1.11. The molecule has 0 aliphatic carbocycles. The minimum absolute atomic E-state index is 0.0295. The number of ether oxygens (including phenoxy) is 1. The predicted octanol–water partition coefficient (Wildman–Crippen LogP) is 2.84. The summed E-state index contributed by atoms with van der Waals surface area (Å²) in [6, 6.07) is 7.59. The Labute approximate surface area is 130 Å². The molecule has 0 unspecified atom stereocenters. The van der Waals surface area contributed by atoms with Gasteiger partial charge in [-0.05, 0) is 17.7 Å². The molecule has 0 saturated heterocycles. The highest BCUT2D eigenvalue weighted by atomic mass is 35.5. The fourth-order valence-electron chi connectivity index (χ4n) is 2.17. The lowest BCUT2D eigenvalue weighted by Crippen LogP contribution is -2.04. The fourth-order valence-corrected chi connectivity index (χ4v) is 2.43. The monoisotopic (exact) mass is 317 g/mol. The van der Waals surface area contributed by atoms with Gasteiger partial charge in [0.1, 0.15) is 5.75 Å². The maximum atomic E-state index is 11.1. The van der Waals surface area contributed by atoms with Gasteiger partial charge in [-0.1, -0.05) is 23.7 Å². The van der Waals surface area contributed by atoms with Crippen LogP contribution in [-0.4, -0.2) is 33.0 Å². The Bertz CT molecular complexity index is 843. The van der Waals surface area contributed by atoms with Gasteiger partial charge in [0.15, 0.2) is 5.65 Å². The molecule has 2 heterocycles. The minimum Gasteiger partial charge on any atom is -0.497 e. The number of rotatable bonds is 4. The number of nitrogens with zero attached hydrogens (tertiary/aromatic N) is 3. The molecule has 3 rings (SSSR count). The first kappa shape index (κ1) is 14.3. The Kier molecular flexibility index (Phi) is 3.68. The van der Waals surface area contributed by atoms with Crippen molar-refractivity contribution in [3.05, 3.63) is 52.8 Å². The number of hydrogen-bond donors (Lipinski definition) is 1. The van der Waals surface area contributed by atoms with Crippen molar-refractivity contribution in [3.63, 3.8) is 0 Å². The molecule has 0 aliphatic rings. The van der Waals surface area contributed by atoms with Crippen LogP contribution in [0.2, 0.25) is 5.02 Å². The number of carbonyl (C=O) groups is 1. The molecule has 0 atom stereocenters. The van der Waals surface area contributed by atoms with Gasteiger partial charge in [0.05, 0.1) is 35.8 Å². The highest BCUT2D eigenvalue weighted by Gasteiger charge is 2.16. The molecule has 0 fully saturated rings. The molecule has 1 N–H and O–H groups in total. The van der Waals surface area contributed by atoms with E-state index >= 15 is 0 Å². The van der Waals surface area contributed by atoms with Crippen molar-refractivity contribution < 1.29 is 14.6 Å². The molecule has 3 aromatic rings. The summed E-state index contributed by atoms with van der Waals surface area (Å²) in [5, 5.41) is 14.0. The third-order valence-corrected chi connectivity index (χ3v) is 3.73. The lowest BCUT2D eigenvalue weighted by Gasteiger charge is -2.05. The van der Waals surface area contributed by atoms with Crippen LogP contribution in [0.3, 0.4) is 0 Å². The van der Waals surface area contributed by atoms with Crippen LogP contribution in [0.4, 0.5) is 0 Å². The quantitative estimate of drug-likeness (QED) is 0.800. The smallest absolute Gasteiger partial charge is 0.338 e. The van der Waals surface area contributed by atoms with Gasteiger partial charge in [-0.2, -0.15) is 5.10 Å². The fraction of sp³-hybridized carbons (Fsp3) is 0.133. The third kappa shape index (κ3) is 2.48. The lowest BCUT2D eigenvalue weighted by molar-refractivity contribution is 0.0697. The summed E-state index contributed by atoms with van der Waals surface area (Å²) in [5.74, 6) is -0.330. The number of pyridine rings is 1. The van der Waals surface area contributed by atoms with Gasteiger partial charge >= 0.3 is 5.97 Å². The van der Waals surface area contributed by atoms with Crippen LogP contribution in [0.5, 0.6) is 5.75 Å². The maximum Gasteiger partial charge on any atom is 0.338 e. The van der Waals surface area contributed by atoms with E-state index in [2.05, 4.69) is 10.1 Å². The van der Waals surface area contributed by atoms with Gasteiger partial charge in [-0.15, -0.1) is 0 Å². The molecular weight excluding hydrogens is 306 g/mol. The predicted molar refractivity (Wildman–Crippen MR) is 81.6 cm³/mol. The first-order valence-electron chi connectivity index (χ1n) is 6.46. The molecule has 0 spiro atoms. The van der Waals surface area contributed by atoms with Crippen molar-refractivity contribution in [2.24, 2.45) is 0 Å². The Balaban J connectivity index is 1.97. The first-order valence-corrected chi connectivity index (χ1v) is 6.84. The SMILES string of the molecule is COc1ccc(Cn2ncc3c(Cl)c(C(=O)O)cnc32)cc1. The molecule has 0 amide bonds. The topological polar surface area (TPSA) is 77.2 Å². The molecule has 0 saturated carbocycles. The number of benzene rings is 1. The van der Waals surface area contributed by atoms with Crippen LogP contribution in [0.25, 0.3) is 11.0 Å². The summed E-state index contributed by atoms with van der Waals surface area (Å²) in [6.45, 7) is 0.503. The van der Waals surface area contributed by atoms with E-state index in [-0.39, 0.29) is 10.6 Å². The van der Waals surface area contributed by atoms with Gasteiger partial charge in [-0.25, -0.2) is 14.5 Å². The van der Waals surface area contributed by atoms with Gasteiger partial charge in [0.2, 0.25) is 0 Å². The molecule has 112 valence electrons. The van der Waals surface area contributed by atoms with Crippen molar-refractivity contribution in [2.45, 2.75) is 6.54 Å². The van der Waals surface area contributed by atoms with E-state index in [0.29, 0.717) is 17.6 Å². The van der Waals surface area contributed by atoms with E-state index in [9.17, 15) is 4.79 Å². The molecule has 22 heavy (non-hydrogen) atoms. The zero-order valence-electron chi connectivity index (χ0n) is 11.7. The van der Waals surface area contributed by atoms with Crippen LogP contribution in [0, 0.1) is 0 Å². The second-order valence-corrected chi connectivity index (χ2v) is 5.06. The van der Waals surface area contributed by atoms with E-state index in [0.717, 1.165) is 11.3 Å². The largest absolute Gasteiger partial charge is 0.497 e. The normalized spacial score (nSPS) is 10.8. The highest BCUT2D eigenvalue weighted by molar-refractivity contribution is 6.37. The number of halogens is 1. The second kappa shape index (κ2) is 5.65. The summed E-state index contributed by atoms with van der Waals surface area (Å²) in [7, 11) is 1.61. The van der Waals surface area contributed by atoms with Crippen LogP contribution in [0.1, 0.15) is 15.9 Å². The Morgan fingerprint density at radius 2 is 2.05 bits per heavy atom. The number of carboxylic acids is 1. The average molecular weight is 318 g/mol. The van der Waals surface area contributed by atoms with Crippen LogP contribution >= 0.6 is 11.6 Å². The number of fused-ring (bicyclic) bond motifs is 1. The summed E-state index contributed by atoms with van der Waals surface area (Å²) in [4.78, 5) is 15.2. The highest BCUT2D eigenvalue weighted by Crippen LogP contribution is 2.26.